The second-order valence-electron chi connectivity index (χ2n) is 5.85. The van der Waals surface area contributed by atoms with Gasteiger partial charge in [0.05, 0.1) is 4.92 Å². The molecule has 5 nitrogen and oxygen atoms in total. The number of nitro benzene ring substituents is 1. The van der Waals surface area contributed by atoms with E-state index >= 15 is 0 Å². The van der Waals surface area contributed by atoms with Gasteiger partial charge in [-0.15, -0.1) is 0 Å². The highest BCUT2D eigenvalue weighted by molar-refractivity contribution is 5.34. The van der Waals surface area contributed by atoms with Crippen LogP contribution in [0.5, 0.6) is 0 Å². The number of nitro groups is 1. The number of rotatable bonds is 6. The fourth-order valence-electron chi connectivity index (χ4n) is 2.02. The predicted molar refractivity (Wildman–Crippen MR) is 74.8 cm³/mol. The number of nitrogens with zero attached hydrogens (tertiary/aromatic N) is 1. The van der Waals surface area contributed by atoms with Crippen LogP contribution in [0, 0.1) is 21.3 Å². The first-order valence-electron chi connectivity index (χ1n) is 6.52. The summed E-state index contributed by atoms with van der Waals surface area (Å²) in [7, 11) is 0. The van der Waals surface area contributed by atoms with Gasteiger partial charge in [0.15, 0.2) is 0 Å². The highest BCUT2D eigenvalue weighted by Gasteiger charge is 2.23. The van der Waals surface area contributed by atoms with Crippen molar-refractivity contribution in [2.24, 2.45) is 5.41 Å². The maximum atomic E-state index is 13.5. The molecule has 0 spiro atoms. The molecule has 0 aromatic heterocycles. The maximum Gasteiger partial charge on any atom is 0.304 e. The first-order chi connectivity index (χ1) is 9.25. The van der Waals surface area contributed by atoms with Crippen molar-refractivity contribution in [1.82, 2.24) is 5.32 Å². The van der Waals surface area contributed by atoms with Gasteiger partial charge in [-0.1, -0.05) is 26.8 Å². The summed E-state index contributed by atoms with van der Waals surface area (Å²) in [6, 6.07) is 3.95. The molecule has 20 heavy (non-hydrogen) atoms. The average molecular weight is 284 g/mol. The summed E-state index contributed by atoms with van der Waals surface area (Å²) in [6.45, 7) is 6.63. The summed E-state index contributed by atoms with van der Waals surface area (Å²) in [5.41, 5.74) is 0.0824. The smallest absolute Gasteiger partial charge is 0.304 e. The first-order valence-corrected chi connectivity index (χ1v) is 6.52. The van der Waals surface area contributed by atoms with Gasteiger partial charge >= 0.3 is 5.69 Å². The second-order valence-corrected chi connectivity index (χ2v) is 5.85. The minimum atomic E-state index is -0.830. The van der Waals surface area contributed by atoms with E-state index in [4.69, 9.17) is 5.11 Å². The Morgan fingerprint density at radius 3 is 2.55 bits per heavy atom. The molecule has 0 bridgehead atoms. The molecule has 0 aliphatic rings. The van der Waals surface area contributed by atoms with Crippen LogP contribution < -0.4 is 5.32 Å². The van der Waals surface area contributed by atoms with Gasteiger partial charge in [0.2, 0.25) is 5.82 Å². The molecular formula is C14H21FN2O3. The highest BCUT2D eigenvalue weighted by Crippen LogP contribution is 2.23. The molecule has 0 aliphatic heterocycles. The molecule has 0 fully saturated rings. The van der Waals surface area contributed by atoms with Crippen molar-refractivity contribution in [3.05, 3.63) is 39.7 Å². The van der Waals surface area contributed by atoms with Gasteiger partial charge in [-0.25, -0.2) is 0 Å². The monoisotopic (exact) mass is 284 g/mol. The number of nitrogens with one attached hydrogen (secondary N) is 1. The largest absolute Gasteiger partial charge is 0.396 e. The second kappa shape index (κ2) is 6.76. The average Bonchev–Trinajstić information content (AvgIpc) is 2.32. The molecule has 6 heteroatoms. The van der Waals surface area contributed by atoms with Crippen molar-refractivity contribution in [1.29, 1.82) is 0 Å². The quantitative estimate of drug-likeness (QED) is 0.622. The lowest BCUT2D eigenvalue weighted by Gasteiger charge is -2.31. The van der Waals surface area contributed by atoms with E-state index in [0.29, 0.717) is 18.5 Å². The third kappa shape index (κ3) is 4.54. The third-order valence-corrected chi connectivity index (χ3v) is 3.22. The Morgan fingerprint density at radius 2 is 2.10 bits per heavy atom. The van der Waals surface area contributed by atoms with Gasteiger partial charge in [-0.2, -0.15) is 4.39 Å². The molecule has 112 valence electrons. The number of aliphatic hydroxyl groups is 1. The van der Waals surface area contributed by atoms with E-state index < -0.39 is 16.4 Å². The van der Waals surface area contributed by atoms with Crippen molar-refractivity contribution in [2.45, 2.75) is 39.8 Å². The molecule has 1 unspecified atom stereocenters. The number of aliphatic hydroxyl groups excluding tert-OH is 1. The van der Waals surface area contributed by atoms with E-state index in [1.807, 2.05) is 0 Å². The van der Waals surface area contributed by atoms with Gasteiger partial charge in [0, 0.05) is 25.3 Å². The van der Waals surface area contributed by atoms with Crippen molar-refractivity contribution in [3.63, 3.8) is 0 Å². The van der Waals surface area contributed by atoms with Gasteiger partial charge in [-0.05, 0) is 23.5 Å². The van der Waals surface area contributed by atoms with Gasteiger partial charge in [0.1, 0.15) is 0 Å². The lowest BCUT2D eigenvalue weighted by atomic mass is 9.85. The Morgan fingerprint density at radius 1 is 1.45 bits per heavy atom. The van der Waals surface area contributed by atoms with Crippen LogP contribution in [0.15, 0.2) is 18.2 Å². The van der Waals surface area contributed by atoms with Crippen LogP contribution in [0.3, 0.4) is 0 Å². The van der Waals surface area contributed by atoms with Crippen LogP contribution in [0.25, 0.3) is 0 Å². The molecule has 0 saturated carbocycles. The van der Waals surface area contributed by atoms with E-state index in [1.54, 1.807) is 0 Å². The summed E-state index contributed by atoms with van der Waals surface area (Å²) < 4.78 is 13.5. The molecule has 1 atom stereocenters. The number of hydrogen-bond acceptors (Lipinski definition) is 4. The normalized spacial score (nSPS) is 13.2. The lowest BCUT2D eigenvalue weighted by Crippen LogP contribution is -2.40. The number of halogens is 1. The van der Waals surface area contributed by atoms with E-state index in [1.165, 1.54) is 18.2 Å². The molecule has 0 amide bonds. The Bertz CT molecular complexity index is 472. The van der Waals surface area contributed by atoms with Crippen LogP contribution in [0.1, 0.15) is 32.8 Å². The van der Waals surface area contributed by atoms with E-state index in [0.717, 1.165) is 0 Å². The zero-order chi connectivity index (χ0) is 15.3. The fraction of sp³-hybridized carbons (Fsp3) is 0.571. The zero-order valence-electron chi connectivity index (χ0n) is 12.0. The maximum absolute atomic E-state index is 13.5. The molecule has 1 rings (SSSR count). The summed E-state index contributed by atoms with van der Waals surface area (Å²) in [4.78, 5) is 9.80. The van der Waals surface area contributed by atoms with Gasteiger partial charge < -0.3 is 10.4 Å². The topological polar surface area (TPSA) is 75.4 Å². The molecule has 1 aromatic carbocycles. The number of hydrogen-bond donors (Lipinski definition) is 2. The number of benzene rings is 1. The van der Waals surface area contributed by atoms with Crippen molar-refractivity contribution < 1.29 is 14.4 Å². The van der Waals surface area contributed by atoms with Gasteiger partial charge in [0.25, 0.3) is 0 Å². The Balaban J connectivity index is 2.74. The molecule has 0 saturated heterocycles. The van der Waals surface area contributed by atoms with Crippen LogP contribution in [-0.2, 0) is 6.54 Å². The molecule has 0 heterocycles. The summed E-state index contributed by atoms with van der Waals surface area (Å²) >= 11 is 0. The first kappa shape index (κ1) is 16.5. The minimum Gasteiger partial charge on any atom is -0.396 e. The summed E-state index contributed by atoms with van der Waals surface area (Å²) in [5.74, 6) is -0.830. The van der Waals surface area contributed by atoms with Crippen LogP contribution >= 0.6 is 0 Å². The third-order valence-electron chi connectivity index (χ3n) is 3.22. The Kier molecular flexibility index (Phi) is 5.59. The molecule has 0 aliphatic carbocycles. The summed E-state index contributed by atoms with van der Waals surface area (Å²) in [6.07, 6.45) is 0.596. The van der Waals surface area contributed by atoms with Crippen molar-refractivity contribution in [2.75, 3.05) is 6.61 Å². The Hall–Kier alpha value is -1.53. The van der Waals surface area contributed by atoms with Crippen molar-refractivity contribution in [3.8, 4) is 0 Å². The minimum absolute atomic E-state index is 0.0396. The highest BCUT2D eigenvalue weighted by atomic mass is 19.1. The van der Waals surface area contributed by atoms with Crippen LogP contribution in [-0.4, -0.2) is 22.7 Å². The van der Waals surface area contributed by atoms with E-state index in [-0.39, 0.29) is 18.1 Å². The molecule has 0 radical (unpaired) electrons. The molecular weight excluding hydrogens is 263 g/mol. The SMILES string of the molecule is CC(C)(C)C(CCO)NCc1ccc([N+](=O)[O-])c(F)c1. The fourth-order valence-corrected chi connectivity index (χ4v) is 2.02. The molecule has 2 N–H and O–H groups in total. The predicted octanol–water partition coefficient (Wildman–Crippen LogP) is 2.62. The van der Waals surface area contributed by atoms with Crippen LogP contribution in [0.2, 0.25) is 0 Å². The zero-order valence-corrected chi connectivity index (χ0v) is 12.0. The summed E-state index contributed by atoms with van der Waals surface area (Å²) in [5, 5.41) is 22.9. The van der Waals surface area contributed by atoms with E-state index in [2.05, 4.69) is 26.1 Å². The van der Waals surface area contributed by atoms with E-state index in [9.17, 15) is 14.5 Å². The van der Waals surface area contributed by atoms with Crippen molar-refractivity contribution >= 4 is 5.69 Å². The Labute approximate surface area is 118 Å². The lowest BCUT2D eigenvalue weighted by molar-refractivity contribution is -0.387. The van der Waals surface area contributed by atoms with Gasteiger partial charge in [-0.3, -0.25) is 10.1 Å². The van der Waals surface area contributed by atoms with Crippen LogP contribution in [0.4, 0.5) is 10.1 Å². The molecule has 1 aromatic rings. The standard InChI is InChI=1S/C14H21FN2O3/c1-14(2,3)13(6-7-18)16-9-10-4-5-12(17(19)20)11(15)8-10/h4-5,8,13,16,18H,6-7,9H2,1-3H3.